The molecule has 4 aliphatic rings. The van der Waals surface area contributed by atoms with E-state index in [0.717, 1.165) is 6.42 Å². The van der Waals surface area contributed by atoms with Crippen LogP contribution in [0.5, 0.6) is 0 Å². The minimum Gasteiger partial charge on any atom is -0.459 e. The molecular weight excluding hydrogens is 656 g/mol. The Hall–Kier alpha value is -1.41. The quantitative estimate of drug-likeness (QED) is 0.178. The normalized spacial score (nSPS) is 48.7. The van der Waals surface area contributed by atoms with Gasteiger partial charge in [-0.2, -0.15) is 0 Å². The van der Waals surface area contributed by atoms with Crippen LogP contribution >= 0.6 is 0 Å². The number of hydrogen-bond donors (Lipinski definition) is 6. The van der Waals surface area contributed by atoms with Crippen LogP contribution in [-0.4, -0.2) is 103 Å². The molecule has 4 aliphatic heterocycles. The van der Waals surface area contributed by atoms with E-state index >= 15 is 0 Å². The molecule has 0 aromatic carbocycles. The summed E-state index contributed by atoms with van der Waals surface area (Å²) in [4.78, 5) is 13.4. The molecule has 3 fully saturated rings. The lowest BCUT2D eigenvalue weighted by atomic mass is 9.78. The van der Waals surface area contributed by atoms with E-state index < -0.39 is 72.1 Å². The van der Waals surface area contributed by atoms with Crippen LogP contribution in [0.3, 0.4) is 0 Å². The Kier molecular flexibility index (Phi) is 15.2. The summed E-state index contributed by atoms with van der Waals surface area (Å²) in [7, 11) is 0. The number of aliphatic hydroxyl groups excluding tert-OH is 5. The van der Waals surface area contributed by atoms with Gasteiger partial charge < -0.3 is 49.6 Å². The fourth-order valence-electron chi connectivity index (χ4n) is 8.34. The highest BCUT2D eigenvalue weighted by Crippen LogP contribution is 2.47. The van der Waals surface area contributed by atoms with Gasteiger partial charge in [0.25, 0.3) is 0 Å². The number of aliphatic hydroxyl groups is 6. The zero-order valence-corrected chi connectivity index (χ0v) is 32.0. The standard InChI is InChI=1S/C40H68O11/c1-8-29(41)19-31-23(2)15-17-40(50-31)22-34-27(6)32(51-40)21-33-28(18-25(4)38(46)49-33)12-10-9-11-16-39(7,47)35(43)20-30(42)26(5)37(45)24(3)13-14-36(44)48-34/h10,12-14,23-35,37-38,41-43,45-47H,8-9,11,15-22H2,1-7H3/b12-10+,14-13+. The van der Waals surface area contributed by atoms with Gasteiger partial charge in [-0.1, -0.05) is 59.8 Å². The molecule has 0 aromatic heterocycles. The first kappa shape index (κ1) is 42.3. The van der Waals surface area contributed by atoms with E-state index in [1.54, 1.807) is 26.8 Å². The van der Waals surface area contributed by atoms with Crippen molar-refractivity contribution in [3.05, 3.63) is 24.3 Å². The molecular formula is C40H68O11. The first-order chi connectivity index (χ1) is 23.9. The largest absolute Gasteiger partial charge is 0.459 e. The monoisotopic (exact) mass is 724 g/mol. The van der Waals surface area contributed by atoms with Gasteiger partial charge in [-0.05, 0) is 57.8 Å². The number of carbonyl (C=O) groups excluding carboxylic acids is 1. The Morgan fingerprint density at radius 3 is 2.33 bits per heavy atom. The third-order valence-electron chi connectivity index (χ3n) is 12.5. The average molecular weight is 725 g/mol. The van der Waals surface area contributed by atoms with Crippen LogP contribution in [0.2, 0.25) is 0 Å². The molecule has 17 unspecified atom stereocenters. The fraction of sp³-hybridized carbons (Fsp3) is 0.875. The molecule has 0 amide bonds. The van der Waals surface area contributed by atoms with Crippen LogP contribution < -0.4 is 0 Å². The minimum absolute atomic E-state index is 0.0192. The summed E-state index contributed by atoms with van der Waals surface area (Å²) in [6.07, 6.45) is 6.24. The molecule has 0 aromatic rings. The molecule has 0 radical (unpaired) electrons. The maximum absolute atomic E-state index is 13.4. The number of ether oxygens (including phenoxy) is 4. The Morgan fingerprint density at radius 1 is 0.902 bits per heavy atom. The van der Waals surface area contributed by atoms with Gasteiger partial charge in [0.05, 0.1) is 48.3 Å². The van der Waals surface area contributed by atoms with Crippen LogP contribution in [0.25, 0.3) is 0 Å². The summed E-state index contributed by atoms with van der Waals surface area (Å²) in [6.45, 7) is 13.0. The van der Waals surface area contributed by atoms with Crippen molar-refractivity contribution in [3.63, 3.8) is 0 Å². The van der Waals surface area contributed by atoms with Gasteiger partial charge in [0.15, 0.2) is 12.1 Å². The van der Waals surface area contributed by atoms with Gasteiger partial charge in [-0.25, -0.2) is 4.79 Å². The molecule has 1 spiro atoms. The van der Waals surface area contributed by atoms with Gasteiger partial charge in [0.1, 0.15) is 6.10 Å². The maximum Gasteiger partial charge on any atom is 0.330 e. The van der Waals surface area contributed by atoms with Gasteiger partial charge in [0, 0.05) is 61.3 Å². The zero-order valence-electron chi connectivity index (χ0n) is 32.0. The molecule has 3 saturated heterocycles. The van der Waals surface area contributed by atoms with Crippen LogP contribution in [0.1, 0.15) is 119 Å². The summed E-state index contributed by atoms with van der Waals surface area (Å²) < 4.78 is 26.1. The van der Waals surface area contributed by atoms with Crippen molar-refractivity contribution in [2.24, 2.45) is 35.5 Å². The molecule has 51 heavy (non-hydrogen) atoms. The van der Waals surface area contributed by atoms with E-state index in [4.69, 9.17) is 18.9 Å². The summed E-state index contributed by atoms with van der Waals surface area (Å²) in [5.41, 5.74) is -1.44. The second-order valence-electron chi connectivity index (χ2n) is 16.8. The summed E-state index contributed by atoms with van der Waals surface area (Å²) >= 11 is 0. The number of allylic oxidation sites excluding steroid dienone is 1. The SMILES string of the molecule is CCC(O)CC1OC2(CCC1C)CC1OC(=O)/C=C/C(C)C(O)C(C)C(O)CC(O)C(C)(O)CCC/C=C/C3CC(C)C(O)OC3CC(O2)C1C. The molecule has 0 saturated carbocycles. The third kappa shape index (κ3) is 11.1. The van der Waals surface area contributed by atoms with E-state index in [-0.39, 0.29) is 42.3 Å². The van der Waals surface area contributed by atoms with Crippen LogP contribution in [0.4, 0.5) is 0 Å². The Bertz CT molecular complexity index is 1160. The van der Waals surface area contributed by atoms with Crippen molar-refractivity contribution in [1.29, 1.82) is 0 Å². The summed E-state index contributed by atoms with van der Waals surface area (Å²) in [6, 6.07) is 0. The van der Waals surface area contributed by atoms with Crippen molar-refractivity contribution in [3.8, 4) is 0 Å². The lowest BCUT2D eigenvalue weighted by molar-refractivity contribution is -0.351. The summed E-state index contributed by atoms with van der Waals surface area (Å²) in [5, 5.41) is 65.2. The zero-order chi connectivity index (χ0) is 37.7. The number of fused-ring (bicyclic) bond motifs is 3. The molecule has 294 valence electrons. The Morgan fingerprint density at radius 2 is 1.63 bits per heavy atom. The predicted octanol–water partition coefficient (Wildman–Crippen LogP) is 4.54. The number of carbonyl (C=O) groups is 1. The number of esters is 1. The van der Waals surface area contributed by atoms with Crippen molar-refractivity contribution >= 4 is 5.97 Å². The maximum atomic E-state index is 13.4. The molecule has 11 heteroatoms. The highest BCUT2D eigenvalue weighted by molar-refractivity contribution is 5.82. The highest BCUT2D eigenvalue weighted by Gasteiger charge is 2.52. The Labute approximate surface area is 305 Å². The molecule has 4 rings (SSSR count). The van der Waals surface area contributed by atoms with Gasteiger partial charge in [-0.15, -0.1) is 0 Å². The van der Waals surface area contributed by atoms with Crippen molar-refractivity contribution < 1.29 is 54.4 Å². The van der Waals surface area contributed by atoms with Crippen LogP contribution in [-0.2, 0) is 23.7 Å². The van der Waals surface area contributed by atoms with Crippen molar-refractivity contribution in [2.75, 3.05) is 0 Å². The molecule has 2 bridgehead atoms. The number of rotatable bonds is 3. The molecule has 4 heterocycles. The number of hydrogen-bond acceptors (Lipinski definition) is 11. The molecule has 11 nitrogen and oxygen atoms in total. The van der Waals surface area contributed by atoms with Crippen molar-refractivity contribution in [2.45, 2.75) is 186 Å². The average Bonchev–Trinajstić information content (AvgIpc) is 3.08. The van der Waals surface area contributed by atoms with E-state index in [1.807, 2.05) is 20.8 Å². The second-order valence-corrected chi connectivity index (χ2v) is 16.8. The molecule has 17 atom stereocenters. The lowest BCUT2D eigenvalue weighted by Gasteiger charge is -2.52. The topological polar surface area (TPSA) is 175 Å². The van der Waals surface area contributed by atoms with E-state index in [0.29, 0.717) is 57.8 Å². The lowest BCUT2D eigenvalue weighted by Crippen LogP contribution is -2.58. The van der Waals surface area contributed by atoms with Crippen LogP contribution in [0.15, 0.2) is 24.3 Å². The van der Waals surface area contributed by atoms with Crippen LogP contribution in [0, 0.1) is 35.5 Å². The molecule has 0 aliphatic carbocycles. The third-order valence-corrected chi connectivity index (χ3v) is 12.5. The van der Waals surface area contributed by atoms with E-state index in [9.17, 15) is 35.4 Å². The first-order valence-electron chi connectivity index (χ1n) is 19.6. The van der Waals surface area contributed by atoms with E-state index in [2.05, 4.69) is 19.1 Å². The second kappa shape index (κ2) is 18.3. The molecule has 6 N–H and O–H groups in total. The first-order valence-corrected chi connectivity index (χ1v) is 19.6. The summed E-state index contributed by atoms with van der Waals surface area (Å²) in [5.74, 6) is -2.85. The smallest absolute Gasteiger partial charge is 0.330 e. The predicted molar refractivity (Wildman–Crippen MR) is 192 cm³/mol. The van der Waals surface area contributed by atoms with E-state index in [1.165, 1.54) is 6.08 Å². The van der Waals surface area contributed by atoms with Crippen molar-refractivity contribution in [1.82, 2.24) is 0 Å². The Balaban J connectivity index is 1.65. The van der Waals surface area contributed by atoms with Gasteiger partial charge in [0.2, 0.25) is 0 Å². The van der Waals surface area contributed by atoms with Gasteiger partial charge >= 0.3 is 5.97 Å². The van der Waals surface area contributed by atoms with Gasteiger partial charge in [-0.3, -0.25) is 0 Å². The fourth-order valence-corrected chi connectivity index (χ4v) is 8.34. The highest BCUT2D eigenvalue weighted by atomic mass is 16.7. The minimum atomic E-state index is -1.44.